The molecule has 2 rings (SSSR count). The van der Waals surface area contributed by atoms with Gasteiger partial charge in [0.2, 0.25) is 0 Å². The predicted molar refractivity (Wildman–Crippen MR) is 71.7 cm³/mol. The predicted octanol–water partition coefficient (Wildman–Crippen LogP) is 2.75. The second-order valence-corrected chi connectivity index (χ2v) is 5.98. The molecular formula is C12H16ClFN2S. The van der Waals surface area contributed by atoms with E-state index in [0.29, 0.717) is 22.3 Å². The van der Waals surface area contributed by atoms with Gasteiger partial charge in [-0.25, -0.2) is 4.39 Å². The maximum atomic E-state index is 13.7. The van der Waals surface area contributed by atoms with Crippen LogP contribution in [-0.2, 0) is 6.42 Å². The monoisotopic (exact) mass is 274 g/mol. The van der Waals surface area contributed by atoms with Crippen molar-refractivity contribution in [2.24, 2.45) is 5.84 Å². The number of rotatable bonds is 4. The molecule has 0 spiro atoms. The highest BCUT2D eigenvalue weighted by atomic mass is 35.5. The summed E-state index contributed by atoms with van der Waals surface area (Å²) in [4.78, 5) is 0. The highest BCUT2D eigenvalue weighted by molar-refractivity contribution is 8.00. The molecule has 2 nitrogen and oxygen atoms in total. The number of benzene rings is 1. The summed E-state index contributed by atoms with van der Waals surface area (Å²) in [7, 11) is 0. The lowest BCUT2D eigenvalue weighted by molar-refractivity contribution is 0.484. The molecule has 1 aromatic rings. The average molecular weight is 275 g/mol. The van der Waals surface area contributed by atoms with Gasteiger partial charge in [0.15, 0.2) is 0 Å². The maximum absolute atomic E-state index is 13.7. The quantitative estimate of drug-likeness (QED) is 0.655. The van der Waals surface area contributed by atoms with E-state index in [0.717, 1.165) is 12.2 Å². The van der Waals surface area contributed by atoms with Crippen molar-refractivity contribution < 1.29 is 4.39 Å². The molecule has 1 aliphatic heterocycles. The molecule has 2 unspecified atom stereocenters. The molecule has 0 radical (unpaired) electrons. The molecule has 1 saturated heterocycles. The standard InChI is InChI=1S/C12H16ClFN2S/c13-9-3-1-4-10(14)8(9)7-11(16-15)12-5-2-6-17-12/h1,3-4,11-12,16H,2,5-7,15H2. The van der Waals surface area contributed by atoms with Crippen LogP contribution in [0.4, 0.5) is 4.39 Å². The van der Waals surface area contributed by atoms with Gasteiger partial charge in [-0.05, 0) is 37.1 Å². The Morgan fingerprint density at radius 3 is 3.00 bits per heavy atom. The van der Waals surface area contributed by atoms with Crippen molar-refractivity contribution in [2.45, 2.75) is 30.6 Å². The van der Waals surface area contributed by atoms with Crippen molar-refractivity contribution in [1.82, 2.24) is 5.43 Å². The van der Waals surface area contributed by atoms with Crippen molar-refractivity contribution in [3.8, 4) is 0 Å². The van der Waals surface area contributed by atoms with E-state index < -0.39 is 0 Å². The molecule has 1 heterocycles. The van der Waals surface area contributed by atoms with Crippen LogP contribution in [0.1, 0.15) is 18.4 Å². The molecular weight excluding hydrogens is 259 g/mol. The lowest BCUT2D eigenvalue weighted by atomic mass is 10.0. The summed E-state index contributed by atoms with van der Waals surface area (Å²) in [6, 6.07) is 4.86. The Hall–Kier alpha value is -0.290. The Bertz CT molecular complexity index is 363. The summed E-state index contributed by atoms with van der Waals surface area (Å²) < 4.78 is 13.7. The van der Waals surface area contributed by atoms with Crippen molar-refractivity contribution in [3.63, 3.8) is 0 Å². The van der Waals surface area contributed by atoms with E-state index in [1.165, 1.54) is 12.5 Å². The van der Waals surface area contributed by atoms with Crippen LogP contribution >= 0.6 is 23.4 Å². The van der Waals surface area contributed by atoms with Gasteiger partial charge in [-0.2, -0.15) is 11.8 Å². The van der Waals surface area contributed by atoms with E-state index in [1.807, 2.05) is 11.8 Å². The molecule has 17 heavy (non-hydrogen) atoms. The average Bonchev–Trinajstić information content (AvgIpc) is 2.82. The van der Waals surface area contributed by atoms with Gasteiger partial charge in [0, 0.05) is 21.9 Å². The van der Waals surface area contributed by atoms with Crippen LogP contribution in [0.25, 0.3) is 0 Å². The summed E-state index contributed by atoms with van der Waals surface area (Å²) in [5.41, 5.74) is 3.36. The van der Waals surface area contributed by atoms with Crippen LogP contribution < -0.4 is 11.3 Å². The fourth-order valence-electron chi connectivity index (χ4n) is 2.16. The minimum absolute atomic E-state index is 0.0805. The van der Waals surface area contributed by atoms with Crippen molar-refractivity contribution in [2.75, 3.05) is 5.75 Å². The van der Waals surface area contributed by atoms with Gasteiger partial charge in [0.25, 0.3) is 0 Å². The second kappa shape index (κ2) is 6.05. The van der Waals surface area contributed by atoms with Crippen LogP contribution in [0.3, 0.4) is 0 Å². The van der Waals surface area contributed by atoms with E-state index in [2.05, 4.69) is 5.43 Å². The first-order valence-electron chi connectivity index (χ1n) is 5.73. The van der Waals surface area contributed by atoms with Crippen LogP contribution in [0, 0.1) is 5.82 Å². The van der Waals surface area contributed by atoms with Gasteiger partial charge in [0.1, 0.15) is 5.82 Å². The van der Waals surface area contributed by atoms with Crippen LogP contribution in [0.15, 0.2) is 18.2 Å². The molecule has 5 heteroatoms. The highest BCUT2D eigenvalue weighted by Crippen LogP contribution is 2.31. The van der Waals surface area contributed by atoms with E-state index >= 15 is 0 Å². The summed E-state index contributed by atoms with van der Waals surface area (Å²) in [6.45, 7) is 0. The van der Waals surface area contributed by atoms with Crippen molar-refractivity contribution >= 4 is 23.4 Å². The SMILES string of the molecule is NNC(Cc1c(F)cccc1Cl)C1CCCS1. The van der Waals surface area contributed by atoms with Gasteiger partial charge in [0.05, 0.1) is 0 Å². The fraction of sp³-hybridized carbons (Fsp3) is 0.500. The zero-order chi connectivity index (χ0) is 12.3. The Morgan fingerprint density at radius 1 is 1.59 bits per heavy atom. The Balaban J connectivity index is 2.12. The zero-order valence-corrected chi connectivity index (χ0v) is 11.0. The number of halogens is 2. The normalized spacial score (nSPS) is 21.7. The Labute approximate surface area is 110 Å². The number of nitrogens with one attached hydrogen (secondary N) is 1. The van der Waals surface area contributed by atoms with Gasteiger partial charge in [-0.15, -0.1) is 0 Å². The first-order chi connectivity index (χ1) is 8.22. The molecule has 2 atom stereocenters. The molecule has 0 amide bonds. The molecule has 0 aromatic heterocycles. The minimum atomic E-state index is -0.249. The molecule has 1 aliphatic rings. The lowest BCUT2D eigenvalue weighted by Crippen LogP contribution is -2.43. The summed E-state index contributed by atoms with van der Waals surface area (Å²) in [6.07, 6.45) is 2.88. The largest absolute Gasteiger partial charge is 0.271 e. The number of hydrazine groups is 1. The third-order valence-electron chi connectivity index (χ3n) is 3.11. The van der Waals surface area contributed by atoms with Crippen LogP contribution in [0.2, 0.25) is 5.02 Å². The number of thioether (sulfide) groups is 1. The third kappa shape index (κ3) is 3.13. The molecule has 0 saturated carbocycles. The van der Waals surface area contributed by atoms with E-state index in [9.17, 15) is 4.39 Å². The first-order valence-corrected chi connectivity index (χ1v) is 7.15. The van der Waals surface area contributed by atoms with E-state index in [4.69, 9.17) is 17.4 Å². The van der Waals surface area contributed by atoms with Gasteiger partial charge < -0.3 is 0 Å². The van der Waals surface area contributed by atoms with Gasteiger partial charge >= 0.3 is 0 Å². The number of hydrogen-bond acceptors (Lipinski definition) is 3. The topological polar surface area (TPSA) is 38.0 Å². The maximum Gasteiger partial charge on any atom is 0.127 e. The molecule has 0 aliphatic carbocycles. The molecule has 0 bridgehead atoms. The first kappa shape index (κ1) is 13.1. The number of nitrogens with two attached hydrogens (primary N) is 1. The summed E-state index contributed by atoms with van der Waals surface area (Å²) in [5, 5.41) is 0.934. The molecule has 94 valence electrons. The molecule has 1 fully saturated rings. The van der Waals surface area contributed by atoms with Crippen LogP contribution in [0.5, 0.6) is 0 Å². The van der Waals surface area contributed by atoms with Crippen LogP contribution in [-0.4, -0.2) is 17.0 Å². The highest BCUT2D eigenvalue weighted by Gasteiger charge is 2.26. The number of hydrogen-bond donors (Lipinski definition) is 2. The van der Waals surface area contributed by atoms with Gasteiger partial charge in [-0.3, -0.25) is 11.3 Å². The van der Waals surface area contributed by atoms with Crippen molar-refractivity contribution in [1.29, 1.82) is 0 Å². The second-order valence-electron chi connectivity index (χ2n) is 4.23. The summed E-state index contributed by atoms with van der Waals surface area (Å²) >= 11 is 7.92. The zero-order valence-electron chi connectivity index (χ0n) is 9.46. The fourth-order valence-corrected chi connectivity index (χ4v) is 3.78. The van der Waals surface area contributed by atoms with Crippen molar-refractivity contribution in [3.05, 3.63) is 34.6 Å². The van der Waals surface area contributed by atoms with Gasteiger partial charge in [-0.1, -0.05) is 17.7 Å². The molecule has 1 aromatic carbocycles. The Kier molecular flexibility index (Phi) is 4.68. The van der Waals surface area contributed by atoms with E-state index in [-0.39, 0.29) is 11.9 Å². The third-order valence-corrected chi connectivity index (χ3v) is 4.98. The molecule has 3 N–H and O–H groups in total. The summed E-state index contributed by atoms with van der Waals surface area (Å²) in [5.74, 6) is 6.48. The smallest absolute Gasteiger partial charge is 0.127 e. The van der Waals surface area contributed by atoms with E-state index in [1.54, 1.807) is 12.1 Å². The Morgan fingerprint density at radius 2 is 2.41 bits per heavy atom. The minimum Gasteiger partial charge on any atom is -0.271 e. The lowest BCUT2D eigenvalue weighted by Gasteiger charge is -2.22.